The molecule has 6 rings (SSSR count). The number of likely N-dealkylation sites (tertiary alicyclic amines) is 1. The lowest BCUT2D eigenvalue weighted by Gasteiger charge is -2.28. The lowest BCUT2D eigenvalue weighted by atomic mass is 9.90. The van der Waals surface area contributed by atoms with Crippen LogP contribution in [0.1, 0.15) is 30.0 Å². The monoisotopic (exact) mass is 463 g/mol. The van der Waals surface area contributed by atoms with E-state index in [1.54, 1.807) is 11.0 Å². The Labute approximate surface area is 203 Å². The molecular formula is C30H25NO4. The van der Waals surface area contributed by atoms with E-state index in [0.29, 0.717) is 18.7 Å². The van der Waals surface area contributed by atoms with E-state index in [2.05, 4.69) is 0 Å². The number of ketones is 1. The van der Waals surface area contributed by atoms with Gasteiger partial charge in [0.25, 0.3) is 11.7 Å². The summed E-state index contributed by atoms with van der Waals surface area (Å²) in [5.74, 6) is -1.40. The number of amides is 1. The Morgan fingerprint density at radius 3 is 2.26 bits per heavy atom. The van der Waals surface area contributed by atoms with Gasteiger partial charge in [0.1, 0.15) is 5.76 Å². The van der Waals surface area contributed by atoms with E-state index < -0.39 is 17.7 Å². The summed E-state index contributed by atoms with van der Waals surface area (Å²) in [6.45, 7) is 0.967. The first-order valence-electron chi connectivity index (χ1n) is 12.0. The van der Waals surface area contributed by atoms with Crippen LogP contribution in [0.15, 0.2) is 90.5 Å². The fourth-order valence-electron chi connectivity index (χ4n) is 5.47. The molecule has 2 heterocycles. The summed E-state index contributed by atoms with van der Waals surface area (Å²) >= 11 is 0. The number of aliphatic hydroxyl groups is 1. The second-order valence-corrected chi connectivity index (χ2v) is 9.18. The second kappa shape index (κ2) is 8.67. The Bertz CT molecular complexity index is 1490. The lowest BCUT2D eigenvalue weighted by molar-refractivity contribution is -0.140. The second-order valence-electron chi connectivity index (χ2n) is 9.18. The lowest BCUT2D eigenvalue weighted by Crippen LogP contribution is -2.36. The third-order valence-electron chi connectivity index (χ3n) is 7.13. The zero-order valence-corrected chi connectivity index (χ0v) is 19.2. The van der Waals surface area contributed by atoms with E-state index in [4.69, 9.17) is 4.74 Å². The van der Waals surface area contributed by atoms with E-state index >= 15 is 0 Å². The van der Waals surface area contributed by atoms with Crippen molar-refractivity contribution in [3.63, 3.8) is 0 Å². The topological polar surface area (TPSA) is 66.8 Å². The minimum absolute atomic E-state index is 0.122. The van der Waals surface area contributed by atoms with Crippen LogP contribution in [0.25, 0.3) is 27.3 Å². The number of carbonyl (C=O) groups excluding carboxylic acids is 2. The number of aliphatic hydroxyl groups excluding tert-OH is 1. The van der Waals surface area contributed by atoms with Crippen LogP contribution in [0.2, 0.25) is 0 Å². The van der Waals surface area contributed by atoms with Gasteiger partial charge < -0.3 is 14.7 Å². The van der Waals surface area contributed by atoms with E-state index in [-0.39, 0.29) is 17.4 Å². The molecule has 4 aromatic rings. The van der Waals surface area contributed by atoms with Gasteiger partial charge in [0.15, 0.2) is 0 Å². The molecule has 0 radical (unpaired) electrons. The Morgan fingerprint density at radius 1 is 0.857 bits per heavy atom. The van der Waals surface area contributed by atoms with Crippen LogP contribution >= 0.6 is 0 Å². The Kier molecular flexibility index (Phi) is 5.34. The third kappa shape index (κ3) is 3.60. The molecule has 1 amide bonds. The molecule has 0 spiro atoms. The van der Waals surface area contributed by atoms with Gasteiger partial charge in [-0.1, -0.05) is 84.9 Å². The first-order chi connectivity index (χ1) is 17.1. The predicted octanol–water partition coefficient (Wildman–Crippen LogP) is 5.59. The SMILES string of the molecule is O=C1C(=O)N(CC2CCCO2)C(c2cccc3ccccc23)/C1=C(\O)c1cccc2ccccc12. The molecule has 5 nitrogen and oxygen atoms in total. The van der Waals surface area contributed by atoms with Gasteiger partial charge in [0, 0.05) is 18.7 Å². The fourth-order valence-corrected chi connectivity index (χ4v) is 5.47. The number of fused-ring (bicyclic) bond motifs is 2. The van der Waals surface area contributed by atoms with Crippen LogP contribution in [0, 0.1) is 0 Å². The highest BCUT2D eigenvalue weighted by atomic mass is 16.5. The molecular weight excluding hydrogens is 438 g/mol. The average Bonchev–Trinajstić information content (AvgIpc) is 3.50. The highest BCUT2D eigenvalue weighted by Crippen LogP contribution is 2.43. The zero-order valence-electron chi connectivity index (χ0n) is 19.2. The molecule has 1 N–H and O–H groups in total. The standard InChI is InChI=1S/C30H25NO4/c32-28(25-16-6-11-20-9-2-4-14-23(20)25)26-27(24-15-5-10-19-8-1-3-13-22(19)24)31(30(34)29(26)33)18-21-12-7-17-35-21/h1-6,8-11,13-16,21,27,32H,7,12,17-18H2/b28-26+. The molecule has 0 bridgehead atoms. The summed E-state index contributed by atoms with van der Waals surface area (Å²) in [4.78, 5) is 28.5. The normalized spacial score (nSPS) is 21.9. The van der Waals surface area contributed by atoms with E-state index in [1.807, 2.05) is 78.9 Å². The Balaban J connectivity index is 1.59. The molecule has 4 aromatic carbocycles. The molecule has 0 aliphatic carbocycles. The van der Waals surface area contributed by atoms with Crippen molar-refractivity contribution in [3.8, 4) is 0 Å². The summed E-state index contributed by atoms with van der Waals surface area (Å²) in [6, 6.07) is 26.4. The van der Waals surface area contributed by atoms with Crippen LogP contribution in [-0.2, 0) is 14.3 Å². The molecule has 35 heavy (non-hydrogen) atoms. The number of ether oxygens (including phenoxy) is 1. The van der Waals surface area contributed by atoms with Crippen molar-refractivity contribution in [1.82, 2.24) is 4.90 Å². The van der Waals surface area contributed by atoms with Gasteiger partial charge in [-0.2, -0.15) is 0 Å². The maximum absolute atomic E-state index is 13.5. The summed E-state index contributed by atoms with van der Waals surface area (Å²) < 4.78 is 5.82. The molecule has 2 saturated heterocycles. The van der Waals surface area contributed by atoms with Crippen molar-refractivity contribution in [2.24, 2.45) is 0 Å². The van der Waals surface area contributed by atoms with E-state index in [1.165, 1.54) is 0 Å². The molecule has 174 valence electrons. The van der Waals surface area contributed by atoms with Gasteiger partial charge in [-0.3, -0.25) is 9.59 Å². The van der Waals surface area contributed by atoms with Gasteiger partial charge in [0.05, 0.1) is 17.7 Å². The summed E-state index contributed by atoms with van der Waals surface area (Å²) in [5.41, 5.74) is 1.49. The third-order valence-corrected chi connectivity index (χ3v) is 7.13. The highest BCUT2D eigenvalue weighted by Gasteiger charge is 2.47. The van der Waals surface area contributed by atoms with Gasteiger partial charge in [-0.25, -0.2) is 0 Å². The quantitative estimate of drug-likeness (QED) is 0.243. The fraction of sp³-hybridized carbons (Fsp3) is 0.200. The maximum atomic E-state index is 13.5. The molecule has 0 aromatic heterocycles. The highest BCUT2D eigenvalue weighted by molar-refractivity contribution is 6.47. The van der Waals surface area contributed by atoms with Crippen LogP contribution < -0.4 is 0 Å². The number of nitrogens with zero attached hydrogens (tertiary/aromatic N) is 1. The zero-order chi connectivity index (χ0) is 23.9. The van der Waals surface area contributed by atoms with Crippen LogP contribution in [0.4, 0.5) is 0 Å². The van der Waals surface area contributed by atoms with Crippen molar-refractivity contribution in [2.45, 2.75) is 25.0 Å². The van der Waals surface area contributed by atoms with E-state index in [9.17, 15) is 14.7 Å². The maximum Gasteiger partial charge on any atom is 0.295 e. The van der Waals surface area contributed by atoms with Gasteiger partial charge in [-0.05, 0) is 39.9 Å². The summed E-state index contributed by atoms with van der Waals surface area (Å²) in [6.07, 6.45) is 1.65. The van der Waals surface area contributed by atoms with Gasteiger partial charge in [0.2, 0.25) is 0 Å². The molecule has 2 atom stereocenters. The smallest absolute Gasteiger partial charge is 0.295 e. The Hall–Kier alpha value is -3.96. The first-order valence-corrected chi connectivity index (χ1v) is 12.0. The summed E-state index contributed by atoms with van der Waals surface area (Å²) in [7, 11) is 0. The molecule has 2 aliphatic rings. The van der Waals surface area contributed by atoms with Crippen molar-refractivity contribution in [2.75, 3.05) is 13.2 Å². The Morgan fingerprint density at radius 2 is 1.51 bits per heavy atom. The number of benzene rings is 4. The summed E-state index contributed by atoms with van der Waals surface area (Å²) in [5, 5.41) is 15.4. The first kappa shape index (κ1) is 21.6. The number of Topliss-reactive ketones (excluding diaryl/α,β-unsaturated/α-hetero) is 1. The number of hydrogen-bond acceptors (Lipinski definition) is 4. The molecule has 2 fully saturated rings. The largest absolute Gasteiger partial charge is 0.507 e. The van der Waals surface area contributed by atoms with Crippen molar-refractivity contribution < 1.29 is 19.4 Å². The van der Waals surface area contributed by atoms with Crippen molar-refractivity contribution >= 4 is 39.0 Å². The van der Waals surface area contributed by atoms with E-state index in [0.717, 1.165) is 39.9 Å². The molecule has 0 saturated carbocycles. The minimum Gasteiger partial charge on any atom is -0.507 e. The predicted molar refractivity (Wildman–Crippen MR) is 136 cm³/mol. The van der Waals surface area contributed by atoms with Gasteiger partial charge >= 0.3 is 0 Å². The number of carbonyl (C=O) groups is 2. The van der Waals surface area contributed by atoms with Crippen LogP contribution in [-0.4, -0.2) is 41.0 Å². The minimum atomic E-state index is -0.704. The molecule has 2 aliphatic heterocycles. The van der Waals surface area contributed by atoms with Crippen LogP contribution in [0.5, 0.6) is 0 Å². The molecule has 2 unspecified atom stereocenters. The van der Waals surface area contributed by atoms with Gasteiger partial charge in [-0.15, -0.1) is 0 Å². The number of hydrogen-bond donors (Lipinski definition) is 1. The van der Waals surface area contributed by atoms with Crippen LogP contribution in [0.3, 0.4) is 0 Å². The van der Waals surface area contributed by atoms with Crippen molar-refractivity contribution in [1.29, 1.82) is 0 Å². The molecule has 5 heteroatoms. The average molecular weight is 464 g/mol. The number of rotatable bonds is 4. The van der Waals surface area contributed by atoms with Crippen molar-refractivity contribution in [3.05, 3.63) is 102 Å².